The van der Waals surface area contributed by atoms with Crippen LogP contribution in [0.4, 0.5) is 0 Å². The largest absolute Gasteiger partial charge is 0.378 e. The number of para-hydroxylation sites is 1. The smallest absolute Gasteiger partial charge is 0.160 e. The van der Waals surface area contributed by atoms with Crippen molar-refractivity contribution < 1.29 is 14.9 Å². The lowest BCUT2D eigenvalue weighted by molar-refractivity contribution is -0.219. The van der Waals surface area contributed by atoms with Gasteiger partial charge >= 0.3 is 0 Å². The van der Waals surface area contributed by atoms with Crippen molar-refractivity contribution in [3.8, 4) is 0 Å². The molecule has 0 amide bonds. The highest BCUT2D eigenvalue weighted by Gasteiger charge is 2.66. The molecule has 1 aromatic heterocycles. The van der Waals surface area contributed by atoms with Crippen molar-refractivity contribution in [2.45, 2.75) is 50.5 Å². The van der Waals surface area contributed by atoms with E-state index >= 15 is 0 Å². The molecule has 0 spiro atoms. The quantitative estimate of drug-likeness (QED) is 0.836. The second-order valence-corrected chi connectivity index (χ2v) is 8.24. The van der Waals surface area contributed by atoms with Crippen molar-refractivity contribution in [3.63, 3.8) is 0 Å². The van der Waals surface area contributed by atoms with Gasteiger partial charge in [-0.15, -0.1) is 0 Å². The van der Waals surface area contributed by atoms with E-state index in [4.69, 9.17) is 4.74 Å². The summed E-state index contributed by atoms with van der Waals surface area (Å²) in [6, 6.07) is 8.78. The Morgan fingerprint density at radius 3 is 2.84 bits per heavy atom. The van der Waals surface area contributed by atoms with E-state index in [-0.39, 0.29) is 30.0 Å². The van der Waals surface area contributed by atoms with Gasteiger partial charge in [-0.05, 0) is 24.8 Å². The van der Waals surface area contributed by atoms with E-state index in [9.17, 15) is 10.2 Å². The van der Waals surface area contributed by atoms with Crippen LogP contribution in [0.25, 0.3) is 10.9 Å². The lowest BCUT2D eigenvalue weighted by Gasteiger charge is -2.61. The second-order valence-electron chi connectivity index (χ2n) is 8.24. The molecule has 2 aromatic rings. The highest BCUT2D eigenvalue weighted by molar-refractivity contribution is 5.86. The molecule has 5 aliphatic heterocycles. The molecule has 1 unspecified atom stereocenters. The van der Waals surface area contributed by atoms with E-state index in [0.29, 0.717) is 5.92 Å². The Morgan fingerprint density at radius 2 is 2.04 bits per heavy atom. The average Bonchev–Trinajstić information content (AvgIpc) is 3.12. The molecule has 2 N–H and O–H groups in total. The molecule has 5 nitrogen and oxygen atoms in total. The number of ether oxygens (including phenoxy) is 1. The number of nitrogens with zero attached hydrogens (tertiary/aromatic N) is 2. The van der Waals surface area contributed by atoms with Gasteiger partial charge in [0.1, 0.15) is 12.3 Å². The van der Waals surface area contributed by atoms with Crippen molar-refractivity contribution >= 4 is 10.9 Å². The van der Waals surface area contributed by atoms with Crippen LogP contribution >= 0.6 is 0 Å². The Balaban J connectivity index is 1.65. The zero-order valence-electron chi connectivity index (χ0n) is 14.5. The summed E-state index contributed by atoms with van der Waals surface area (Å²) in [5, 5.41) is 23.0. The molecule has 0 saturated carbocycles. The monoisotopic (exact) mass is 340 g/mol. The molecule has 1 aromatic carbocycles. The number of benzene rings is 1. The summed E-state index contributed by atoms with van der Waals surface area (Å²) in [7, 11) is 2.12. The van der Waals surface area contributed by atoms with Crippen LogP contribution in [0.3, 0.4) is 0 Å². The zero-order valence-corrected chi connectivity index (χ0v) is 14.5. The Hall–Kier alpha value is -1.40. The maximum Gasteiger partial charge on any atom is 0.160 e. The summed E-state index contributed by atoms with van der Waals surface area (Å²) in [6.07, 6.45) is 0.638. The standard InChI is InChI=1S/C20H24N2O3/c1-3-9-11-8-13-16-14(10-6-4-5-7-12(10)21(16)2)18-17(22(13)19(9)23)15(11)20(24)25-18/h4-7,9,11,13,15,17-20,23-24H,3,8H2,1-2H3/t9-,11-,13-,15-,17+,18+,19+,20-/m0/s1. The highest BCUT2D eigenvalue weighted by Crippen LogP contribution is 2.64. The number of hydrogen-bond acceptors (Lipinski definition) is 4. The number of aryl methyl sites for hydroxylation is 1. The molecule has 4 bridgehead atoms. The summed E-state index contributed by atoms with van der Waals surface area (Å²) in [6.45, 7) is 2.15. The minimum atomic E-state index is -0.727. The molecule has 4 saturated heterocycles. The fraction of sp³-hybridized carbons (Fsp3) is 0.600. The molecule has 25 heavy (non-hydrogen) atoms. The fourth-order valence-electron chi connectivity index (χ4n) is 6.67. The van der Waals surface area contributed by atoms with Crippen LogP contribution in [-0.2, 0) is 11.8 Å². The molecule has 0 aliphatic carbocycles. The third kappa shape index (κ3) is 1.51. The summed E-state index contributed by atoms with van der Waals surface area (Å²) < 4.78 is 8.44. The Labute approximate surface area is 146 Å². The van der Waals surface area contributed by atoms with Gasteiger partial charge in [0.2, 0.25) is 0 Å². The highest BCUT2D eigenvalue weighted by atomic mass is 16.6. The van der Waals surface area contributed by atoms with Crippen LogP contribution in [0.15, 0.2) is 24.3 Å². The van der Waals surface area contributed by atoms with Crippen LogP contribution in [0, 0.1) is 17.8 Å². The topological polar surface area (TPSA) is 57.9 Å². The van der Waals surface area contributed by atoms with Gasteiger partial charge in [0.05, 0.1) is 12.1 Å². The van der Waals surface area contributed by atoms with Crippen molar-refractivity contribution in [1.82, 2.24) is 9.47 Å². The molecule has 7 rings (SSSR count). The number of fused-ring (bicyclic) bond motifs is 5. The molecule has 6 heterocycles. The molecular weight excluding hydrogens is 316 g/mol. The SMILES string of the molecule is CC[C@H]1[C@@H]2C[C@H]3c4c(c5ccccc5n4C)[C@H]4O[C@H](O)[C@@H]2[C@H]4N3[C@@H]1O. The first-order chi connectivity index (χ1) is 12.1. The Bertz CT molecular complexity index is 877. The second kappa shape index (κ2) is 4.65. The molecule has 9 atom stereocenters. The van der Waals surface area contributed by atoms with Gasteiger partial charge in [-0.3, -0.25) is 4.90 Å². The first-order valence-electron chi connectivity index (χ1n) is 9.49. The van der Waals surface area contributed by atoms with Gasteiger partial charge in [0.15, 0.2) is 6.29 Å². The lowest BCUT2D eigenvalue weighted by atomic mass is 9.60. The van der Waals surface area contributed by atoms with Crippen LogP contribution in [-0.4, -0.2) is 38.2 Å². The van der Waals surface area contributed by atoms with Gasteiger partial charge in [0, 0.05) is 41.0 Å². The summed E-state index contributed by atoms with van der Waals surface area (Å²) >= 11 is 0. The zero-order chi connectivity index (χ0) is 17.0. The van der Waals surface area contributed by atoms with Gasteiger partial charge in [-0.2, -0.15) is 0 Å². The number of aromatic nitrogens is 1. The summed E-state index contributed by atoms with van der Waals surface area (Å²) in [5.41, 5.74) is 3.72. The molecular formula is C20H24N2O3. The average molecular weight is 340 g/mol. The molecule has 132 valence electrons. The van der Waals surface area contributed by atoms with E-state index in [0.717, 1.165) is 12.8 Å². The van der Waals surface area contributed by atoms with Crippen LogP contribution in [0.5, 0.6) is 0 Å². The minimum Gasteiger partial charge on any atom is -0.378 e. The first kappa shape index (κ1) is 14.7. The predicted octanol–water partition coefficient (Wildman–Crippen LogP) is 2.29. The maximum atomic E-state index is 11.1. The van der Waals surface area contributed by atoms with Crippen LogP contribution in [0.2, 0.25) is 0 Å². The van der Waals surface area contributed by atoms with Gasteiger partial charge < -0.3 is 19.5 Å². The lowest BCUT2D eigenvalue weighted by Crippen LogP contribution is -2.67. The Morgan fingerprint density at radius 1 is 1.24 bits per heavy atom. The fourth-order valence-corrected chi connectivity index (χ4v) is 6.67. The third-order valence-corrected chi connectivity index (χ3v) is 7.52. The Kier molecular flexibility index (Phi) is 2.74. The van der Waals surface area contributed by atoms with Crippen LogP contribution < -0.4 is 0 Å². The predicted molar refractivity (Wildman–Crippen MR) is 92.5 cm³/mol. The number of piperidine rings is 3. The molecule has 0 radical (unpaired) electrons. The van der Waals surface area contributed by atoms with E-state index in [1.807, 2.05) is 0 Å². The number of hydrogen-bond donors (Lipinski definition) is 2. The van der Waals surface area contributed by atoms with E-state index in [1.165, 1.54) is 22.2 Å². The minimum absolute atomic E-state index is 0.0925. The van der Waals surface area contributed by atoms with Gasteiger partial charge in [-0.25, -0.2) is 0 Å². The van der Waals surface area contributed by atoms with Crippen LogP contribution in [0.1, 0.15) is 43.2 Å². The number of aliphatic hydroxyl groups is 2. The third-order valence-electron chi connectivity index (χ3n) is 7.52. The van der Waals surface area contributed by atoms with E-state index in [2.05, 4.69) is 47.7 Å². The van der Waals surface area contributed by atoms with Gasteiger partial charge in [-0.1, -0.05) is 25.1 Å². The first-order valence-corrected chi connectivity index (χ1v) is 9.49. The van der Waals surface area contributed by atoms with E-state index < -0.39 is 12.5 Å². The normalized spacial score (nSPS) is 46.6. The van der Waals surface area contributed by atoms with Crippen molar-refractivity contribution in [3.05, 3.63) is 35.5 Å². The molecule has 5 aliphatic rings. The van der Waals surface area contributed by atoms with Crippen molar-refractivity contribution in [2.24, 2.45) is 24.8 Å². The molecule has 5 heteroatoms. The van der Waals surface area contributed by atoms with Crippen molar-refractivity contribution in [2.75, 3.05) is 0 Å². The summed E-state index contributed by atoms with van der Waals surface area (Å²) in [5.74, 6) is 0.665. The van der Waals surface area contributed by atoms with Gasteiger partial charge in [0.25, 0.3) is 0 Å². The molecule has 4 fully saturated rings. The summed E-state index contributed by atoms with van der Waals surface area (Å²) in [4.78, 5) is 2.28. The number of aliphatic hydroxyl groups excluding tert-OH is 2. The number of rotatable bonds is 1. The maximum absolute atomic E-state index is 11.1. The van der Waals surface area contributed by atoms with E-state index in [1.54, 1.807) is 0 Å². The van der Waals surface area contributed by atoms with Crippen molar-refractivity contribution in [1.29, 1.82) is 0 Å².